The van der Waals surface area contributed by atoms with Gasteiger partial charge in [0.25, 0.3) is 0 Å². The molecule has 0 aromatic heterocycles. The van der Waals surface area contributed by atoms with Crippen molar-refractivity contribution in [3.8, 4) is 0 Å². The van der Waals surface area contributed by atoms with Gasteiger partial charge in [-0.1, -0.05) is 30.7 Å². The Kier molecular flexibility index (Phi) is 15.3. The lowest BCUT2D eigenvalue weighted by molar-refractivity contribution is -0.302. The van der Waals surface area contributed by atoms with E-state index in [1.54, 1.807) is 0 Å². The van der Waals surface area contributed by atoms with Gasteiger partial charge in [-0.25, -0.2) is 4.39 Å². The average molecular weight is 773 g/mol. The molecule has 294 valence electrons. The molecular weight excluding hydrogens is 739 g/mol. The van der Waals surface area contributed by atoms with E-state index in [9.17, 15) is 36.2 Å². The topological polar surface area (TPSA) is 469 Å². The standard InChI is InChI=1S/C23H33FN18O12/c24-10-11(35-41-29)21(49-7(14(10)45)2-31-37-25)52-18-6(34-40-28)1-5(33-39-27)13(44)20(18)54-23-17(48)19(9(4-43)51-23)53-22-12(36-42-30)16(47)15(46)8(50-22)3-32-38-26/h5-23,43-48H,1-4H2/t5-,6+,7-,8+,9-,10-,11-,12-,13+,14+,15-,16-,17-,18-,19-,20-,21-,22-,23+/m1/s1. The van der Waals surface area contributed by atoms with E-state index >= 15 is 4.39 Å². The van der Waals surface area contributed by atoms with E-state index in [0.29, 0.717) is 0 Å². The van der Waals surface area contributed by atoms with E-state index in [0.717, 1.165) is 0 Å². The zero-order valence-corrected chi connectivity index (χ0v) is 27.4. The Morgan fingerprint density at radius 2 is 1.04 bits per heavy atom. The summed E-state index contributed by atoms with van der Waals surface area (Å²) in [6.45, 7) is -2.03. The van der Waals surface area contributed by atoms with E-state index < -0.39 is 142 Å². The third-order valence-corrected chi connectivity index (χ3v) is 8.97. The molecule has 0 aromatic rings. The molecule has 30 nitrogen and oxygen atoms in total. The SMILES string of the molecule is [N-]=[N+]=NC[C@@H]1O[C@H](O[C@H]2[C@@H](O)[C@H](O[C@@H]3[C@@H](O)[C@H](N=[N+]=[N-])C[C@H](N=[N+]=[N-])[C@H]3O[C@H]3O[C@H](CN=[N+]=[N-])[C@H](O)[C@H](F)[C@H]3N=[N+]=[N-])O[C@@H]2CO)[C@H](N=[N+]=[N-])[C@@H](O)[C@@H]1O. The number of aliphatic hydroxyl groups is 6. The van der Waals surface area contributed by atoms with Crippen molar-refractivity contribution < 1.29 is 63.5 Å². The Labute approximate surface area is 299 Å². The molecule has 0 amide bonds. The number of azide groups is 6. The van der Waals surface area contributed by atoms with Crippen LogP contribution in [0.4, 0.5) is 4.39 Å². The van der Waals surface area contributed by atoms with Crippen molar-refractivity contribution in [2.75, 3.05) is 19.7 Å². The van der Waals surface area contributed by atoms with Crippen LogP contribution in [0.25, 0.3) is 62.7 Å². The van der Waals surface area contributed by atoms with Gasteiger partial charge in [0.1, 0.15) is 54.9 Å². The zero-order valence-electron chi connectivity index (χ0n) is 27.4. The van der Waals surface area contributed by atoms with Crippen molar-refractivity contribution in [2.45, 2.75) is 123 Å². The number of aliphatic hydroxyl groups excluding tert-OH is 6. The first-order chi connectivity index (χ1) is 26.0. The molecule has 0 bridgehead atoms. The van der Waals surface area contributed by atoms with Crippen LogP contribution in [0.15, 0.2) is 30.7 Å². The van der Waals surface area contributed by atoms with Gasteiger partial charge < -0.3 is 59.1 Å². The second-order valence-electron chi connectivity index (χ2n) is 12.0. The summed E-state index contributed by atoms with van der Waals surface area (Å²) in [7, 11) is 0. The summed E-state index contributed by atoms with van der Waals surface area (Å²) >= 11 is 0. The summed E-state index contributed by atoms with van der Waals surface area (Å²) in [5.74, 6) is 0. The number of hydrogen-bond acceptors (Lipinski definition) is 18. The van der Waals surface area contributed by atoms with Gasteiger partial charge in [0.2, 0.25) is 0 Å². The maximum Gasteiger partial charge on any atom is 0.187 e. The molecule has 31 heteroatoms. The van der Waals surface area contributed by atoms with Gasteiger partial charge in [0.15, 0.2) is 18.9 Å². The summed E-state index contributed by atoms with van der Waals surface area (Å²) in [5, 5.41) is 84.6. The molecule has 19 atom stereocenters. The smallest absolute Gasteiger partial charge is 0.187 e. The van der Waals surface area contributed by atoms with Crippen LogP contribution in [0.3, 0.4) is 0 Å². The number of hydrogen-bond donors (Lipinski definition) is 6. The summed E-state index contributed by atoms with van der Waals surface area (Å²) < 4.78 is 49.8. The molecule has 3 saturated heterocycles. The molecule has 0 spiro atoms. The Morgan fingerprint density at radius 1 is 0.537 bits per heavy atom. The fourth-order valence-corrected chi connectivity index (χ4v) is 6.37. The van der Waals surface area contributed by atoms with E-state index in [1.165, 1.54) is 0 Å². The Balaban J connectivity index is 1.67. The highest BCUT2D eigenvalue weighted by molar-refractivity contribution is 5.04. The molecule has 0 aromatic carbocycles. The number of halogens is 1. The summed E-state index contributed by atoms with van der Waals surface area (Å²) in [5.41, 5.74) is 54.1. The highest BCUT2D eigenvalue weighted by Gasteiger charge is 2.55. The molecule has 0 radical (unpaired) electrons. The summed E-state index contributed by atoms with van der Waals surface area (Å²) in [6.07, 6.45) is -27.5. The molecule has 4 rings (SSSR count). The van der Waals surface area contributed by atoms with Gasteiger partial charge >= 0.3 is 0 Å². The monoisotopic (exact) mass is 772 g/mol. The first-order valence-corrected chi connectivity index (χ1v) is 15.8. The molecule has 1 saturated carbocycles. The van der Waals surface area contributed by atoms with Gasteiger partial charge in [-0.3, -0.25) is 0 Å². The first-order valence-electron chi connectivity index (χ1n) is 15.8. The predicted octanol–water partition coefficient (Wildman–Crippen LogP) is 0.191. The van der Waals surface area contributed by atoms with Crippen molar-refractivity contribution >= 4 is 0 Å². The second kappa shape index (κ2) is 19.6. The van der Waals surface area contributed by atoms with Crippen LogP contribution in [-0.4, -0.2) is 167 Å². The van der Waals surface area contributed by atoms with Crippen LogP contribution < -0.4 is 0 Å². The van der Waals surface area contributed by atoms with Gasteiger partial charge in [0, 0.05) is 29.5 Å². The van der Waals surface area contributed by atoms with Crippen LogP contribution in [0.2, 0.25) is 0 Å². The molecule has 3 heterocycles. The van der Waals surface area contributed by atoms with Gasteiger partial charge in [-0.05, 0) is 39.6 Å². The van der Waals surface area contributed by atoms with Crippen LogP contribution in [0.1, 0.15) is 6.42 Å². The van der Waals surface area contributed by atoms with Crippen LogP contribution in [0.5, 0.6) is 0 Å². The van der Waals surface area contributed by atoms with Crippen LogP contribution >= 0.6 is 0 Å². The lowest BCUT2D eigenvalue weighted by atomic mass is 9.84. The van der Waals surface area contributed by atoms with E-state index in [2.05, 4.69) is 60.2 Å². The average Bonchev–Trinajstić information content (AvgIpc) is 3.45. The normalized spacial score (nSPS) is 43.1. The maximum absolute atomic E-state index is 15.4. The van der Waals surface area contributed by atoms with Crippen molar-refractivity contribution in [1.82, 2.24) is 0 Å². The van der Waals surface area contributed by atoms with Crippen LogP contribution in [-0.2, 0) is 28.4 Å². The van der Waals surface area contributed by atoms with Gasteiger partial charge in [-0.15, -0.1) is 0 Å². The van der Waals surface area contributed by atoms with Crippen molar-refractivity contribution in [3.63, 3.8) is 0 Å². The number of nitrogens with zero attached hydrogens (tertiary/aromatic N) is 18. The van der Waals surface area contributed by atoms with E-state index in [-0.39, 0.29) is 0 Å². The largest absolute Gasteiger partial charge is 0.394 e. The minimum Gasteiger partial charge on any atom is -0.394 e. The van der Waals surface area contributed by atoms with Crippen molar-refractivity contribution in [2.24, 2.45) is 30.7 Å². The van der Waals surface area contributed by atoms with Crippen molar-refractivity contribution in [3.05, 3.63) is 62.7 Å². The fraction of sp³-hybridized carbons (Fsp3) is 1.00. The number of ether oxygens (including phenoxy) is 6. The maximum atomic E-state index is 15.4. The number of alkyl halides is 1. The molecular formula is C23H33FN18O12. The molecule has 6 N–H and O–H groups in total. The third-order valence-electron chi connectivity index (χ3n) is 8.97. The first kappa shape index (κ1) is 42.1. The quantitative estimate of drug-likeness (QED) is 0.0738. The van der Waals surface area contributed by atoms with E-state index in [1.807, 2.05) is 0 Å². The zero-order chi connectivity index (χ0) is 39.5. The Hall–Kier alpha value is -4.69. The van der Waals surface area contributed by atoms with Crippen LogP contribution in [0, 0.1) is 0 Å². The second-order valence-corrected chi connectivity index (χ2v) is 12.0. The minimum absolute atomic E-state index is 0.410. The van der Waals surface area contributed by atoms with Gasteiger partial charge in [0.05, 0.1) is 62.3 Å². The molecule has 4 fully saturated rings. The van der Waals surface area contributed by atoms with Crippen molar-refractivity contribution in [1.29, 1.82) is 0 Å². The molecule has 54 heavy (non-hydrogen) atoms. The number of rotatable bonds is 15. The minimum atomic E-state index is -2.37. The summed E-state index contributed by atoms with van der Waals surface area (Å²) in [6, 6.07) is -6.42. The third kappa shape index (κ3) is 9.15. The molecule has 1 aliphatic carbocycles. The highest BCUT2D eigenvalue weighted by Crippen LogP contribution is 2.38. The molecule has 3 aliphatic heterocycles. The Morgan fingerprint density at radius 3 is 1.61 bits per heavy atom. The lowest BCUT2D eigenvalue weighted by Crippen LogP contribution is -2.62. The van der Waals surface area contributed by atoms with Gasteiger partial charge in [-0.2, -0.15) is 0 Å². The molecule has 0 unspecified atom stereocenters. The highest BCUT2D eigenvalue weighted by atomic mass is 19.1. The lowest BCUT2D eigenvalue weighted by Gasteiger charge is -2.46. The van der Waals surface area contributed by atoms with E-state index in [4.69, 9.17) is 56.1 Å². The summed E-state index contributed by atoms with van der Waals surface area (Å²) in [4.78, 5) is 15.6. The predicted molar refractivity (Wildman–Crippen MR) is 167 cm³/mol. The Bertz CT molecular complexity index is 1600. The fourth-order valence-electron chi connectivity index (χ4n) is 6.37. The molecule has 4 aliphatic rings.